The molecule has 3 N–H and O–H groups in total. The molecule has 0 atom stereocenters. The Labute approximate surface area is 133 Å². The minimum atomic E-state index is -0.564. The SMILES string of the molecule is CSc1c(N2CCC(C)(O)CC2)sc(C(=O)C2CC2)c1N. The fourth-order valence-corrected chi connectivity index (χ4v) is 4.98. The lowest BCUT2D eigenvalue weighted by Gasteiger charge is -2.36. The van der Waals surface area contributed by atoms with Crippen molar-refractivity contribution in [2.75, 3.05) is 30.0 Å². The van der Waals surface area contributed by atoms with Crippen molar-refractivity contribution in [2.45, 2.75) is 43.1 Å². The maximum atomic E-state index is 12.4. The van der Waals surface area contributed by atoms with Gasteiger partial charge in [-0.2, -0.15) is 0 Å². The molecule has 21 heavy (non-hydrogen) atoms. The Morgan fingerprint density at radius 3 is 2.57 bits per heavy atom. The number of aliphatic hydroxyl groups is 1. The third-order valence-corrected chi connectivity index (χ3v) is 6.62. The highest BCUT2D eigenvalue weighted by atomic mass is 32.2. The van der Waals surface area contributed by atoms with Gasteiger partial charge in [0.05, 0.1) is 21.1 Å². The Balaban J connectivity index is 1.88. The summed E-state index contributed by atoms with van der Waals surface area (Å²) in [6, 6.07) is 0. The molecule has 1 saturated carbocycles. The van der Waals surface area contributed by atoms with Crippen LogP contribution in [0.25, 0.3) is 0 Å². The van der Waals surface area contributed by atoms with Gasteiger partial charge in [-0.25, -0.2) is 0 Å². The van der Waals surface area contributed by atoms with Gasteiger partial charge in [-0.1, -0.05) is 0 Å². The Bertz CT molecular complexity index is 554. The molecule has 116 valence electrons. The second-order valence-electron chi connectivity index (χ2n) is 6.31. The highest BCUT2D eigenvalue weighted by molar-refractivity contribution is 7.99. The summed E-state index contributed by atoms with van der Waals surface area (Å²) in [5, 5.41) is 11.2. The van der Waals surface area contributed by atoms with E-state index in [1.165, 1.54) is 0 Å². The van der Waals surface area contributed by atoms with E-state index in [1.807, 2.05) is 13.2 Å². The summed E-state index contributed by atoms with van der Waals surface area (Å²) >= 11 is 3.16. The van der Waals surface area contributed by atoms with Crippen molar-refractivity contribution < 1.29 is 9.90 Å². The average molecular weight is 326 g/mol. The molecule has 0 bridgehead atoms. The Morgan fingerprint density at radius 1 is 1.43 bits per heavy atom. The van der Waals surface area contributed by atoms with Crippen molar-refractivity contribution in [3.05, 3.63) is 4.88 Å². The van der Waals surface area contributed by atoms with E-state index in [2.05, 4.69) is 4.90 Å². The third-order valence-electron chi connectivity index (χ3n) is 4.39. The largest absolute Gasteiger partial charge is 0.396 e. The minimum Gasteiger partial charge on any atom is -0.396 e. The van der Waals surface area contributed by atoms with Gasteiger partial charge in [0.15, 0.2) is 5.78 Å². The fourth-order valence-electron chi connectivity index (χ4n) is 2.73. The Morgan fingerprint density at radius 2 is 2.05 bits per heavy atom. The van der Waals surface area contributed by atoms with Gasteiger partial charge in [0.2, 0.25) is 0 Å². The lowest BCUT2D eigenvalue weighted by molar-refractivity contribution is 0.0352. The van der Waals surface area contributed by atoms with E-state index in [1.54, 1.807) is 23.1 Å². The molecule has 4 nitrogen and oxygen atoms in total. The molecule has 0 aromatic carbocycles. The van der Waals surface area contributed by atoms with E-state index in [0.29, 0.717) is 5.69 Å². The van der Waals surface area contributed by atoms with Crippen LogP contribution in [0.5, 0.6) is 0 Å². The summed E-state index contributed by atoms with van der Waals surface area (Å²) in [4.78, 5) is 16.4. The van der Waals surface area contributed by atoms with Crippen molar-refractivity contribution >= 4 is 39.6 Å². The van der Waals surface area contributed by atoms with Gasteiger partial charge in [0.25, 0.3) is 0 Å². The first-order valence-corrected chi connectivity index (χ1v) is 9.45. The lowest BCUT2D eigenvalue weighted by atomic mass is 9.94. The predicted octanol–water partition coefficient (Wildman–Crippen LogP) is 3.00. The smallest absolute Gasteiger partial charge is 0.178 e. The summed E-state index contributed by atoms with van der Waals surface area (Å²) in [5.74, 6) is 0.429. The monoisotopic (exact) mass is 326 g/mol. The van der Waals surface area contributed by atoms with E-state index < -0.39 is 5.60 Å². The number of nitrogen functional groups attached to an aromatic ring is 1. The number of nitrogens with zero attached hydrogens (tertiary/aromatic N) is 1. The van der Waals surface area contributed by atoms with Crippen LogP contribution in [0.4, 0.5) is 10.7 Å². The molecule has 2 heterocycles. The molecule has 1 aromatic rings. The second kappa shape index (κ2) is 5.48. The standard InChI is InChI=1S/C15H22N2O2S2/c1-15(19)5-7-17(8-6-15)14-13(20-2)10(16)12(21-14)11(18)9-3-4-9/h9,19H,3-8,16H2,1-2H3. The second-order valence-corrected chi connectivity index (χ2v) is 8.12. The molecule has 1 aromatic heterocycles. The van der Waals surface area contributed by atoms with Crippen molar-refractivity contribution in [2.24, 2.45) is 5.92 Å². The van der Waals surface area contributed by atoms with E-state index >= 15 is 0 Å². The number of thiophene rings is 1. The van der Waals surface area contributed by atoms with Crippen LogP contribution in [0.3, 0.4) is 0 Å². The van der Waals surface area contributed by atoms with Crippen LogP contribution < -0.4 is 10.6 Å². The van der Waals surface area contributed by atoms with Crippen molar-refractivity contribution in [3.63, 3.8) is 0 Å². The van der Waals surface area contributed by atoms with Crippen LogP contribution in [0, 0.1) is 5.92 Å². The van der Waals surface area contributed by atoms with E-state index in [0.717, 1.165) is 53.5 Å². The molecule has 0 radical (unpaired) electrons. The van der Waals surface area contributed by atoms with Gasteiger partial charge in [-0.3, -0.25) is 4.79 Å². The number of nitrogens with two attached hydrogens (primary N) is 1. The minimum absolute atomic E-state index is 0.204. The number of piperidine rings is 1. The topological polar surface area (TPSA) is 66.6 Å². The molecule has 1 aliphatic carbocycles. The van der Waals surface area contributed by atoms with Crippen LogP contribution in [-0.4, -0.2) is 35.8 Å². The van der Waals surface area contributed by atoms with Crippen LogP contribution >= 0.6 is 23.1 Å². The summed E-state index contributed by atoms with van der Waals surface area (Å²) < 4.78 is 0. The van der Waals surface area contributed by atoms with Gasteiger partial charge in [-0.15, -0.1) is 23.1 Å². The van der Waals surface area contributed by atoms with Crippen LogP contribution in [0.2, 0.25) is 0 Å². The molecule has 0 spiro atoms. The highest BCUT2D eigenvalue weighted by Crippen LogP contribution is 2.47. The first-order chi connectivity index (χ1) is 9.93. The fraction of sp³-hybridized carbons (Fsp3) is 0.667. The molecule has 1 aliphatic heterocycles. The van der Waals surface area contributed by atoms with Crippen LogP contribution in [0.1, 0.15) is 42.3 Å². The number of hydrogen-bond donors (Lipinski definition) is 2. The normalized spacial score (nSPS) is 21.6. The predicted molar refractivity (Wildman–Crippen MR) is 89.6 cm³/mol. The van der Waals surface area contributed by atoms with Gasteiger partial charge in [0, 0.05) is 19.0 Å². The molecular formula is C15H22N2O2S2. The molecule has 6 heteroatoms. The van der Waals surface area contributed by atoms with Gasteiger partial charge >= 0.3 is 0 Å². The zero-order chi connectivity index (χ0) is 15.2. The number of carbonyl (C=O) groups excluding carboxylic acids is 1. The van der Waals surface area contributed by atoms with Gasteiger partial charge in [0.1, 0.15) is 5.00 Å². The van der Waals surface area contributed by atoms with Gasteiger partial charge in [-0.05, 0) is 38.9 Å². The lowest BCUT2D eigenvalue weighted by Crippen LogP contribution is -2.42. The third kappa shape index (κ3) is 2.94. The zero-order valence-electron chi connectivity index (χ0n) is 12.5. The number of thioether (sulfide) groups is 1. The quantitative estimate of drug-likeness (QED) is 0.658. The van der Waals surface area contributed by atoms with Crippen molar-refractivity contribution in [1.29, 1.82) is 0 Å². The molecule has 1 saturated heterocycles. The summed E-state index contributed by atoms with van der Waals surface area (Å²) in [7, 11) is 0. The van der Waals surface area contributed by atoms with Crippen molar-refractivity contribution in [1.82, 2.24) is 0 Å². The van der Waals surface area contributed by atoms with Crippen molar-refractivity contribution in [3.8, 4) is 0 Å². The number of ketones is 1. The maximum absolute atomic E-state index is 12.4. The first kappa shape index (κ1) is 15.2. The van der Waals surface area contributed by atoms with E-state index in [9.17, 15) is 9.90 Å². The van der Waals surface area contributed by atoms with E-state index in [4.69, 9.17) is 5.73 Å². The van der Waals surface area contributed by atoms with Gasteiger partial charge < -0.3 is 15.7 Å². The molecule has 3 rings (SSSR count). The van der Waals surface area contributed by atoms with Crippen LogP contribution in [0.15, 0.2) is 4.90 Å². The maximum Gasteiger partial charge on any atom is 0.178 e. The number of Topliss-reactive ketones (excluding diaryl/α,β-unsaturated/α-hetero) is 1. The van der Waals surface area contributed by atoms with Crippen LogP contribution in [-0.2, 0) is 0 Å². The average Bonchev–Trinajstić information content (AvgIpc) is 3.23. The zero-order valence-corrected chi connectivity index (χ0v) is 14.1. The Hall–Kier alpha value is -0.720. The number of rotatable bonds is 4. The number of anilines is 2. The number of carbonyl (C=O) groups is 1. The summed E-state index contributed by atoms with van der Waals surface area (Å²) in [6.07, 6.45) is 5.53. The number of hydrogen-bond acceptors (Lipinski definition) is 6. The highest BCUT2D eigenvalue weighted by Gasteiger charge is 2.35. The first-order valence-electron chi connectivity index (χ1n) is 7.41. The molecular weight excluding hydrogens is 304 g/mol. The molecule has 2 fully saturated rings. The molecule has 2 aliphatic rings. The molecule has 0 amide bonds. The Kier molecular flexibility index (Phi) is 3.96. The summed E-state index contributed by atoms with van der Waals surface area (Å²) in [6.45, 7) is 3.53. The summed E-state index contributed by atoms with van der Waals surface area (Å²) in [5.41, 5.74) is 6.33. The van der Waals surface area contributed by atoms with E-state index in [-0.39, 0.29) is 11.7 Å². The molecule has 0 unspecified atom stereocenters.